The molecule has 1 atom stereocenters. The molecule has 14 heavy (non-hydrogen) atoms. The molecule has 1 aliphatic rings. The van der Waals surface area contributed by atoms with Crippen molar-refractivity contribution in [2.45, 2.75) is 4.90 Å². The maximum atomic E-state index is 11.3. The fourth-order valence-electron chi connectivity index (χ4n) is 1.65. The van der Waals surface area contributed by atoms with Crippen molar-refractivity contribution < 1.29 is 4.21 Å². The van der Waals surface area contributed by atoms with Gasteiger partial charge in [-0.05, 0) is 18.2 Å². The van der Waals surface area contributed by atoms with Gasteiger partial charge in [0.25, 0.3) is 0 Å². The summed E-state index contributed by atoms with van der Waals surface area (Å²) in [5, 5.41) is 3.31. The van der Waals surface area contributed by atoms with E-state index in [0.29, 0.717) is 0 Å². The first kappa shape index (κ1) is 9.52. The molecule has 0 fully saturated rings. The fourth-order valence-corrected chi connectivity index (χ4v) is 2.19. The van der Waals surface area contributed by atoms with Gasteiger partial charge in [-0.15, -0.1) is 0 Å². The Balaban J connectivity index is 2.44. The summed E-state index contributed by atoms with van der Waals surface area (Å²) in [6, 6.07) is 5.93. The van der Waals surface area contributed by atoms with Crippen molar-refractivity contribution in [3.8, 4) is 0 Å². The first-order valence-corrected chi connectivity index (χ1v) is 6.17. The number of benzene rings is 1. The van der Waals surface area contributed by atoms with Crippen molar-refractivity contribution in [1.82, 2.24) is 0 Å². The molecule has 1 unspecified atom stereocenters. The van der Waals surface area contributed by atoms with Gasteiger partial charge in [-0.1, -0.05) is 0 Å². The SMILES string of the molecule is CN1CCNc2cc(S(C)=O)ccc21. The van der Waals surface area contributed by atoms with E-state index in [1.54, 1.807) is 6.26 Å². The molecule has 1 N–H and O–H groups in total. The smallest absolute Gasteiger partial charge is 0.0600 e. The zero-order valence-corrected chi connectivity index (χ0v) is 9.23. The summed E-state index contributed by atoms with van der Waals surface area (Å²) in [5.41, 5.74) is 2.27. The summed E-state index contributed by atoms with van der Waals surface area (Å²) in [7, 11) is 1.17. The summed E-state index contributed by atoms with van der Waals surface area (Å²) in [5.74, 6) is 0. The van der Waals surface area contributed by atoms with Crippen LogP contribution in [-0.4, -0.2) is 30.6 Å². The quantitative estimate of drug-likeness (QED) is 0.758. The maximum absolute atomic E-state index is 11.3. The first-order valence-electron chi connectivity index (χ1n) is 4.61. The molecule has 3 nitrogen and oxygen atoms in total. The van der Waals surface area contributed by atoms with E-state index in [1.807, 2.05) is 18.2 Å². The van der Waals surface area contributed by atoms with Crippen LogP contribution >= 0.6 is 0 Å². The van der Waals surface area contributed by atoms with Gasteiger partial charge in [0.15, 0.2) is 0 Å². The third kappa shape index (κ3) is 1.62. The Kier molecular flexibility index (Phi) is 2.46. The first-order chi connectivity index (χ1) is 6.68. The Morgan fingerprint density at radius 1 is 1.50 bits per heavy atom. The molecule has 1 heterocycles. The third-order valence-corrected chi connectivity index (χ3v) is 3.39. The molecule has 0 saturated heterocycles. The van der Waals surface area contributed by atoms with Crippen LogP contribution in [0.1, 0.15) is 0 Å². The topological polar surface area (TPSA) is 32.3 Å². The van der Waals surface area contributed by atoms with Crippen molar-refractivity contribution in [2.75, 3.05) is 36.6 Å². The lowest BCUT2D eigenvalue weighted by atomic mass is 10.2. The van der Waals surface area contributed by atoms with Gasteiger partial charge in [0, 0.05) is 42.1 Å². The van der Waals surface area contributed by atoms with Crippen LogP contribution in [-0.2, 0) is 10.8 Å². The van der Waals surface area contributed by atoms with Crippen LogP contribution in [0.2, 0.25) is 0 Å². The van der Waals surface area contributed by atoms with Crippen molar-refractivity contribution >= 4 is 22.2 Å². The van der Waals surface area contributed by atoms with E-state index < -0.39 is 10.8 Å². The molecule has 1 aromatic rings. The Hall–Kier alpha value is -1.03. The number of rotatable bonds is 1. The van der Waals surface area contributed by atoms with Crippen LogP contribution in [0.4, 0.5) is 11.4 Å². The van der Waals surface area contributed by atoms with Gasteiger partial charge in [-0.3, -0.25) is 4.21 Å². The summed E-state index contributed by atoms with van der Waals surface area (Å²) >= 11 is 0. The largest absolute Gasteiger partial charge is 0.382 e. The van der Waals surface area contributed by atoms with Crippen LogP contribution in [0.3, 0.4) is 0 Å². The monoisotopic (exact) mass is 210 g/mol. The molecule has 0 bridgehead atoms. The fraction of sp³-hybridized carbons (Fsp3) is 0.400. The number of hydrogen-bond acceptors (Lipinski definition) is 3. The molecule has 0 radical (unpaired) electrons. The Morgan fingerprint density at radius 3 is 3.00 bits per heavy atom. The zero-order chi connectivity index (χ0) is 10.1. The second-order valence-corrected chi connectivity index (χ2v) is 4.86. The second-order valence-electron chi connectivity index (χ2n) is 3.48. The maximum Gasteiger partial charge on any atom is 0.0600 e. The predicted molar refractivity (Wildman–Crippen MR) is 60.5 cm³/mol. The molecule has 2 rings (SSSR count). The molecule has 1 aliphatic heterocycles. The lowest BCUT2D eigenvalue weighted by molar-refractivity contribution is 0.687. The van der Waals surface area contributed by atoms with Gasteiger partial charge in [0.05, 0.1) is 11.4 Å². The molecule has 0 aromatic heterocycles. The van der Waals surface area contributed by atoms with Gasteiger partial charge < -0.3 is 10.2 Å². The van der Waals surface area contributed by atoms with E-state index >= 15 is 0 Å². The molecule has 4 heteroatoms. The number of likely N-dealkylation sites (N-methyl/N-ethyl adjacent to an activating group) is 1. The molecular weight excluding hydrogens is 196 g/mol. The van der Waals surface area contributed by atoms with Gasteiger partial charge in [-0.25, -0.2) is 0 Å². The van der Waals surface area contributed by atoms with E-state index in [0.717, 1.165) is 23.7 Å². The second kappa shape index (κ2) is 3.61. The molecular formula is C10H14N2OS. The number of nitrogens with zero attached hydrogens (tertiary/aromatic N) is 1. The molecule has 1 aromatic carbocycles. The van der Waals surface area contributed by atoms with E-state index in [2.05, 4.69) is 17.3 Å². The number of nitrogens with one attached hydrogen (secondary N) is 1. The van der Waals surface area contributed by atoms with Crippen LogP contribution in [0.5, 0.6) is 0 Å². The Labute approximate surface area is 86.6 Å². The van der Waals surface area contributed by atoms with Crippen molar-refractivity contribution in [1.29, 1.82) is 0 Å². The zero-order valence-electron chi connectivity index (χ0n) is 8.41. The van der Waals surface area contributed by atoms with Crippen molar-refractivity contribution in [2.24, 2.45) is 0 Å². The molecule has 0 aliphatic carbocycles. The summed E-state index contributed by atoms with van der Waals surface area (Å²) in [6.07, 6.45) is 1.70. The number of hydrogen-bond donors (Lipinski definition) is 1. The van der Waals surface area contributed by atoms with Gasteiger partial charge in [0.2, 0.25) is 0 Å². The highest BCUT2D eigenvalue weighted by atomic mass is 32.2. The highest BCUT2D eigenvalue weighted by Gasteiger charge is 2.13. The van der Waals surface area contributed by atoms with E-state index in [9.17, 15) is 4.21 Å². The molecule has 76 valence electrons. The summed E-state index contributed by atoms with van der Waals surface area (Å²) < 4.78 is 11.3. The van der Waals surface area contributed by atoms with Crippen molar-refractivity contribution in [3.05, 3.63) is 18.2 Å². The lowest BCUT2D eigenvalue weighted by Crippen LogP contribution is -2.30. The lowest BCUT2D eigenvalue weighted by Gasteiger charge is -2.28. The van der Waals surface area contributed by atoms with Crippen LogP contribution in [0.15, 0.2) is 23.1 Å². The molecule has 0 amide bonds. The summed E-state index contributed by atoms with van der Waals surface area (Å²) in [4.78, 5) is 3.08. The van der Waals surface area contributed by atoms with Crippen LogP contribution in [0.25, 0.3) is 0 Å². The number of anilines is 2. The number of fused-ring (bicyclic) bond motifs is 1. The Bertz CT molecular complexity index is 378. The predicted octanol–water partition coefficient (Wildman–Crippen LogP) is 1.29. The highest BCUT2D eigenvalue weighted by molar-refractivity contribution is 7.84. The summed E-state index contributed by atoms with van der Waals surface area (Å²) in [6.45, 7) is 1.96. The highest BCUT2D eigenvalue weighted by Crippen LogP contribution is 2.29. The van der Waals surface area contributed by atoms with Crippen LogP contribution in [0, 0.1) is 0 Å². The average molecular weight is 210 g/mol. The molecule has 0 saturated carbocycles. The minimum atomic E-state index is -0.897. The minimum absolute atomic E-state index is 0.881. The van der Waals surface area contributed by atoms with Crippen molar-refractivity contribution in [3.63, 3.8) is 0 Å². The van der Waals surface area contributed by atoms with E-state index in [-0.39, 0.29) is 0 Å². The van der Waals surface area contributed by atoms with Gasteiger partial charge in [-0.2, -0.15) is 0 Å². The standard InChI is InChI=1S/C10H14N2OS/c1-12-6-5-11-9-7-8(14(2)13)3-4-10(9)12/h3-4,7,11H,5-6H2,1-2H3. The third-order valence-electron chi connectivity index (χ3n) is 2.47. The average Bonchev–Trinajstić information content (AvgIpc) is 2.17. The minimum Gasteiger partial charge on any atom is -0.382 e. The van der Waals surface area contributed by atoms with Gasteiger partial charge >= 0.3 is 0 Å². The van der Waals surface area contributed by atoms with Gasteiger partial charge in [0.1, 0.15) is 0 Å². The molecule has 0 spiro atoms. The van der Waals surface area contributed by atoms with E-state index in [4.69, 9.17) is 0 Å². The normalized spacial score (nSPS) is 17.1. The van der Waals surface area contributed by atoms with E-state index in [1.165, 1.54) is 5.69 Å². The van der Waals surface area contributed by atoms with Crippen LogP contribution < -0.4 is 10.2 Å². The Morgan fingerprint density at radius 2 is 2.29 bits per heavy atom.